The number of hydrogen-bond donors (Lipinski definition) is 1. The lowest BCUT2D eigenvalue weighted by molar-refractivity contribution is 0.325. The van der Waals surface area contributed by atoms with Crippen LogP contribution in [0.1, 0.15) is 5.56 Å². The van der Waals surface area contributed by atoms with E-state index in [1.165, 1.54) is 21.3 Å². The zero-order chi connectivity index (χ0) is 21.0. The molecule has 0 radical (unpaired) electrons. The standard InChI is InChI=1S/C21H20N4O4/c1-26-17-9-8-12(19(28-3)20(17)29-4)16-10-13(14(11-22)21(23)25-16)15-6-5-7-18(24-15)27-2/h5-10H,1-4H3,(H2,23,25). The van der Waals surface area contributed by atoms with E-state index in [1.54, 1.807) is 43.5 Å². The fourth-order valence-electron chi connectivity index (χ4n) is 3.00. The molecule has 0 fully saturated rings. The van der Waals surface area contributed by atoms with Gasteiger partial charge in [0.15, 0.2) is 11.5 Å². The maximum Gasteiger partial charge on any atom is 0.213 e. The molecule has 0 spiro atoms. The number of pyridine rings is 2. The lowest BCUT2D eigenvalue weighted by Gasteiger charge is -2.16. The van der Waals surface area contributed by atoms with Gasteiger partial charge in [-0.05, 0) is 24.3 Å². The minimum Gasteiger partial charge on any atom is -0.493 e. The lowest BCUT2D eigenvalue weighted by atomic mass is 10.0. The van der Waals surface area contributed by atoms with Crippen molar-refractivity contribution < 1.29 is 18.9 Å². The number of anilines is 1. The van der Waals surface area contributed by atoms with Crippen LogP contribution in [0.5, 0.6) is 23.1 Å². The summed E-state index contributed by atoms with van der Waals surface area (Å²) in [5, 5.41) is 9.61. The van der Waals surface area contributed by atoms with Crippen molar-refractivity contribution in [2.75, 3.05) is 34.2 Å². The van der Waals surface area contributed by atoms with Crippen LogP contribution in [-0.4, -0.2) is 38.4 Å². The van der Waals surface area contributed by atoms with Crippen LogP contribution < -0.4 is 24.7 Å². The monoisotopic (exact) mass is 392 g/mol. The normalized spacial score (nSPS) is 10.2. The molecule has 2 aromatic heterocycles. The first kappa shape index (κ1) is 19.8. The predicted molar refractivity (Wildman–Crippen MR) is 108 cm³/mol. The summed E-state index contributed by atoms with van der Waals surface area (Å²) in [7, 11) is 6.12. The second kappa shape index (κ2) is 8.35. The summed E-state index contributed by atoms with van der Waals surface area (Å²) in [5.41, 5.74) is 8.54. The fourth-order valence-corrected chi connectivity index (χ4v) is 3.00. The van der Waals surface area contributed by atoms with Crippen LogP contribution >= 0.6 is 0 Å². The number of methoxy groups -OCH3 is 4. The van der Waals surface area contributed by atoms with Crippen LogP contribution in [0.3, 0.4) is 0 Å². The van der Waals surface area contributed by atoms with Gasteiger partial charge in [-0.25, -0.2) is 9.97 Å². The van der Waals surface area contributed by atoms with Crippen molar-refractivity contribution in [3.63, 3.8) is 0 Å². The lowest BCUT2D eigenvalue weighted by Crippen LogP contribution is -2.02. The number of nitriles is 1. The largest absolute Gasteiger partial charge is 0.493 e. The number of ether oxygens (including phenoxy) is 4. The van der Waals surface area contributed by atoms with Crippen LogP contribution in [-0.2, 0) is 0 Å². The molecule has 0 saturated heterocycles. The van der Waals surface area contributed by atoms with E-state index in [2.05, 4.69) is 16.0 Å². The topological polar surface area (TPSA) is 113 Å². The van der Waals surface area contributed by atoms with Crippen molar-refractivity contribution >= 4 is 5.82 Å². The molecule has 2 heterocycles. The third kappa shape index (κ3) is 3.58. The molecule has 8 nitrogen and oxygen atoms in total. The van der Waals surface area contributed by atoms with Gasteiger partial charge in [-0.3, -0.25) is 0 Å². The number of nitrogens with zero attached hydrogens (tertiary/aromatic N) is 3. The van der Waals surface area contributed by atoms with E-state index in [0.29, 0.717) is 45.6 Å². The van der Waals surface area contributed by atoms with Gasteiger partial charge in [0.1, 0.15) is 17.5 Å². The molecular formula is C21H20N4O4. The molecule has 0 aliphatic heterocycles. The summed E-state index contributed by atoms with van der Waals surface area (Å²) in [5.74, 6) is 1.89. The quantitative estimate of drug-likeness (QED) is 0.680. The molecule has 3 rings (SSSR count). The van der Waals surface area contributed by atoms with E-state index < -0.39 is 0 Å². The highest BCUT2D eigenvalue weighted by atomic mass is 16.5. The van der Waals surface area contributed by atoms with Crippen LogP contribution in [0, 0.1) is 11.3 Å². The van der Waals surface area contributed by atoms with Gasteiger partial charge in [-0.15, -0.1) is 0 Å². The molecule has 0 amide bonds. The Bertz CT molecular complexity index is 1090. The highest BCUT2D eigenvalue weighted by Crippen LogP contribution is 2.44. The smallest absolute Gasteiger partial charge is 0.213 e. The third-order valence-electron chi connectivity index (χ3n) is 4.35. The molecule has 29 heavy (non-hydrogen) atoms. The van der Waals surface area contributed by atoms with Crippen molar-refractivity contribution in [2.45, 2.75) is 0 Å². The van der Waals surface area contributed by atoms with Crippen molar-refractivity contribution in [3.05, 3.63) is 42.0 Å². The van der Waals surface area contributed by atoms with Crippen molar-refractivity contribution in [3.8, 4) is 51.7 Å². The van der Waals surface area contributed by atoms with Gasteiger partial charge >= 0.3 is 0 Å². The molecule has 0 unspecified atom stereocenters. The second-order valence-corrected chi connectivity index (χ2v) is 5.87. The highest BCUT2D eigenvalue weighted by molar-refractivity contribution is 5.82. The summed E-state index contributed by atoms with van der Waals surface area (Å²) < 4.78 is 21.5. The number of hydrogen-bond acceptors (Lipinski definition) is 8. The molecule has 2 N–H and O–H groups in total. The van der Waals surface area contributed by atoms with Gasteiger partial charge in [-0.2, -0.15) is 5.26 Å². The van der Waals surface area contributed by atoms with E-state index in [0.717, 1.165) is 0 Å². The van der Waals surface area contributed by atoms with Crippen LogP contribution in [0.2, 0.25) is 0 Å². The van der Waals surface area contributed by atoms with Crippen molar-refractivity contribution in [2.24, 2.45) is 0 Å². The second-order valence-electron chi connectivity index (χ2n) is 5.87. The zero-order valence-corrected chi connectivity index (χ0v) is 16.5. The van der Waals surface area contributed by atoms with Gasteiger partial charge in [0, 0.05) is 17.2 Å². The molecule has 0 bridgehead atoms. The Morgan fingerprint density at radius 1 is 0.828 bits per heavy atom. The van der Waals surface area contributed by atoms with Crippen LogP contribution in [0.4, 0.5) is 5.82 Å². The molecule has 0 saturated carbocycles. The van der Waals surface area contributed by atoms with Crippen molar-refractivity contribution in [1.29, 1.82) is 5.26 Å². The summed E-state index contributed by atoms with van der Waals surface area (Å²) >= 11 is 0. The SMILES string of the molecule is COc1cccc(-c2cc(-c3ccc(OC)c(OC)c3OC)nc(N)c2C#N)n1. The van der Waals surface area contributed by atoms with E-state index in [9.17, 15) is 5.26 Å². The molecule has 0 atom stereocenters. The van der Waals surface area contributed by atoms with Gasteiger partial charge < -0.3 is 24.7 Å². The zero-order valence-electron chi connectivity index (χ0n) is 16.5. The third-order valence-corrected chi connectivity index (χ3v) is 4.35. The van der Waals surface area contributed by atoms with E-state index >= 15 is 0 Å². The molecule has 3 aromatic rings. The first-order valence-electron chi connectivity index (χ1n) is 8.59. The van der Waals surface area contributed by atoms with E-state index in [4.69, 9.17) is 24.7 Å². The molecule has 1 aromatic carbocycles. The summed E-state index contributed by atoms with van der Waals surface area (Å²) in [4.78, 5) is 8.82. The van der Waals surface area contributed by atoms with E-state index in [-0.39, 0.29) is 11.4 Å². The average Bonchev–Trinajstić information content (AvgIpc) is 2.77. The maximum absolute atomic E-state index is 9.61. The van der Waals surface area contributed by atoms with E-state index in [1.807, 2.05) is 0 Å². The number of benzene rings is 1. The van der Waals surface area contributed by atoms with Gasteiger partial charge in [0.2, 0.25) is 11.6 Å². The Kier molecular flexibility index (Phi) is 5.69. The van der Waals surface area contributed by atoms with Crippen LogP contribution in [0.15, 0.2) is 36.4 Å². The first-order valence-corrected chi connectivity index (χ1v) is 8.59. The number of aromatic nitrogens is 2. The number of rotatable bonds is 6. The number of nitrogen functional groups attached to an aromatic ring is 1. The summed E-state index contributed by atoms with van der Waals surface area (Å²) in [6.45, 7) is 0. The van der Waals surface area contributed by atoms with Gasteiger partial charge in [0.25, 0.3) is 0 Å². The Morgan fingerprint density at radius 2 is 1.59 bits per heavy atom. The molecule has 148 valence electrons. The Balaban J connectivity index is 2.28. The van der Waals surface area contributed by atoms with Gasteiger partial charge in [-0.1, -0.05) is 6.07 Å². The fraction of sp³-hybridized carbons (Fsp3) is 0.190. The maximum atomic E-state index is 9.61. The Morgan fingerprint density at radius 3 is 2.21 bits per heavy atom. The molecule has 8 heteroatoms. The van der Waals surface area contributed by atoms with Crippen molar-refractivity contribution in [1.82, 2.24) is 9.97 Å². The van der Waals surface area contributed by atoms with Gasteiger partial charge in [0.05, 0.1) is 39.8 Å². The Hall–Kier alpha value is -3.99. The predicted octanol–water partition coefficient (Wildman–Crippen LogP) is 3.30. The first-order chi connectivity index (χ1) is 14.1. The minimum absolute atomic E-state index is 0.0847. The molecular weight excluding hydrogens is 372 g/mol. The van der Waals surface area contributed by atoms with Crippen LogP contribution in [0.25, 0.3) is 22.5 Å². The molecule has 0 aliphatic carbocycles. The number of nitrogens with two attached hydrogens (primary N) is 1. The summed E-state index contributed by atoms with van der Waals surface area (Å²) in [6.07, 6.45) is 0. The minimum atomic E-state index is 0.0847. The highest BCUT2D eigenvalue weighted by Gasteiger charge is 2.21. The summed E-state index contributed by atoms with van der Waals surface area (Å²) in [6, 6.07) is 12.7. The average molecular weight is 392 g/mol. The Labute approximate surface area is 168 Å². The molecule has 0 aliphatic rings.